The van der Waals surface area contributed by atoms with Crippen LogP contribution in [0, 0.1) is 0 Å². The number of rotatable bonds is 11. The second kappa shape index (κ2) is 10.6. The van der Waals surface area contributed by atoms with Crippen LogP contribution in [0.5, 0.6) is 0 Å². The van der Waals surface area contributed by atoms with Gasteiger partial charge in [-0.3, -0.25) is 4.79 Å². The zero-order valence-electron chi connectivity index (χ0n) is 13.9. The third-order valence-electron chi connectivity index (χ3n) is 3.92. The van der Waals surface area contributed by atoms with Gasteiger partial charge in [0.05, 0.1) is 6.42 Å². The van der Waals surface area contributed by atoms with Gasteiger partial charge in [-0.05, 0) is 30.5 Å². The van der Waals surface area contributed by atoms with Crippen LogP contribution in [0.25, 0.3) is 0 Å². The van der Waals surface area contributed by atoms with E-state index in [-0.39, 0.29) is 12.5 Å². The Morgan fingerprint density at radius 2 is 1.54 bits per heavy atom. The van der Waals surface area contributed by atoms with E-state index in [4.69, 9.17) is 5.11 Å². The van der Waals surface area contributed by atoms with Gasteiger partial charge in [0.15, 0.2) is 0 Å². The predicted molar refractivity (Wildman–Crippen MR) is 97.2 cm³/mol. The summed E-state index contributed by atoms with van der Waals surface area (Å²) in [6.07, 6.45) is 2.07. The first kappa shape index (κ1) is 18.2. The summed E-state index contributed by atoms with van der Waals surface area (Å²) in [6, 6.07) is 21.1. The van der Waals surface area contributed by atoms with Gasteiger partial charge in [-0.15, -0.1) is 0 Å². The van der Waals surface area contributed by atoms with Gasteiger partial charge in [0, 0.05) is 19.1 Å². The lowest BCUT2D eigenvalue weighted by atomic mass is 10.1. The molecule has 0 unspecified atom stereocenters. The largest absolute Gasteiger partial charge is 0.481 e. The summed E-state index contributed by atoms with van der Waals surface area (Å²) < 4.78 is 0. The van der Waals surface area contributed by atoms with Crippen LogP contribution in [-0.2, 0) is 17.6 Å². The Balaban J connectivity index is 1.80. The number of nitrogens with one attached hydrogen (secondary N) is 2. The minimum Gasteiger partial charge on any atom is -0.481 e. The fourth-order valence-corrected chi connectivity index (χ4v) is 2.65. The highest BCUT2D eigenvalue weighted by atomic mass is 16.4. The van der Waals surface area contributed by atoms with E-state index in [1.807, 2.05) is 24.3 Å². The van der Waals surface area contributed by atoms with E-state index in [1.54, 1.807) is 0 Å². The van der Waals surface area contributed by atoms with Crippen LogP contribution in [0.3, 0.4) is 0 Å². The summed E-state index contributed by atoms with van der Waals surface area (Å²) in [5.74, 6) is -0.765. The molecular formula is C20H26N2O2. The van der Waals surface area contributed by atoms with Crippen LogP contribution in [0.15, 0.2) is 60.7 Å². The number of hydrogen-bond acceptors (Lipinski definition) is 3. The van der Waals surface area contributed by atoms with Crippen LogP contribution in [0.4, 0.5) is 0 Å². The summed E-state index contributed by atoms with van der Waals surface area (Å²) in [5.41, 5.74) is 2.61. The third-order valence-corrected chi connectivity index (χ3v) is 3.92. The lowest BCUT2D eigenvalue weighted by Gasteiger charge is -2.19. The van der Waals surface area contributed by atoms with Crippen molar-refractivity contribution in [2.45, 2.75) is 25.3 Å². The van der Waals surface area contributed by atoms with Gasteiger partial charge in [0.25, 0.3) is 0 Å². The van der Waals surface area contributed by atoms with Crippen molar-refractivity contribution in [2.75, 3.05) is 19.6 Å². The zero-order valence-corrected chi connectivity index (χ0v) is 13.9. The van der Waals surface area contributed by atoms with Crippen molar-refractivity contribution < 1.29 is 9.90 Å². The highest BCUT2D eigenvalue weighted by Crippen LogP contribution is 2.04. The summed E-state index contributed by atoms with van der Waals surface area (Å²) >= 11 is 0. The Morgan fingerprint density at radius 1 is 0.917 bits per heavy atom. The molecule has 0 saturated heterocycles. The highest BCUT2D eigenvalue weighted by molar-refractivity contribution is 5.66. The highest BCUT2D eigenvalue weighted by Gasteiger charge is 2.09. The van der Waals surface area contributed by atoms with Crippen molar-refractivity contribution in [1.29, 1.82) is 0 Å². The van der Waals surface area contributed by atoms with Crippen LogP contribution < -0.4 is 10.6 Å². The molecule has 24 heavy (non-hydrogen) atoms. The van der Waals surface area contributed by atoms with E-state index in [0.29, 0.717) is 6.54 Å². The second-order valence-corrected chi connectivity index (χ2v) is 5.92. The summed E-state index contributed by atoms with van der Waals surface area (Å²) in [5, 5.41) is 15.6. The Morgan fingerprint density at radius 3 is 2.17 bits per heavy atom. The number of carbonyl (C=O) groups is 1. The normalized spacial score (nSPS) is 12.0. The number of benzene rings is 2. The molecule has 0 spiro atoms. The molecule has 0 radical (unpaired) electrons. The van der Waals surface area contributed by atoms with Crippen LogP contribution in [0.2, 0.25) is 0 Å². The molecular weight excluding hydrogens is 300 g/mol. The molecule has 0 saturated carbocycles. The molecule has 2 rings (SSSR count). The van der Waals surface area contributed by atoms with Crippen LogP contribution in [0.1, 0.15) is 17.5 Å². The van der Waals surface area contributed by atoms with Crippen molar-refractivity contribution in [2.24, 2.45) is 0 Å². The van der Waals surface area contributed by atoms with Gasteiger partial charge < -0.3 is 15.7 Å². The minimum absolute atomic E-state index is 0.155. The van der Waals surface area contributed by atoms with E-state index in [2.05, 4.69) is 47.0 Å². The summed E-state index contributed by atoms with van der Waals surface area (Å²) in [6.45, 7) is 2.17. The van der Waals surface area contributed by atoms with E-state index >= 15 is 0 Å². The summed E-state index contributed by atoms with van der Waals surface area (Å²) in [4.78, 5) is 10.6. The molecule has 0 amide bonds. The molecule has 0 bridgehead atoms. The van der Waals surface area contributed by atoms with Crippen LogP contribution >= 0.6 is 0 Å². The molecule has 0 aromatic heterocycles. The number of carboxylic acids is 1. The topological polar surface area (TPSA) is 61.4 Å². The van der Waals surface area contributed by atoms with Crippen molar-refractivity contribution in [3.8, 4) is 0 Å². The zero-order chi connectivity index (χ0) is 17.0. The quantitative estimate of drug-likeness (QED) is 0.555. The molecule has 3 N–H and O–H groups in total. The third kappa shape index (κ3) is 7.40. The Bertz CT molecular complexity index is 587. The van der Waals surface area contributed by atoms with Crippen molar-refractivity contribution in [3.63, 3.8) is 0 Å². The first-order chi connectivity index (χ1) is 11.7. The molecule has 128 valence electrons. The minimum atomic E-state index is -0.765. The second-order valence-electron chi connectivity index (χ2n) is 5.92. The number of aliphatic carboxylic acids is 1. The molecule has 0 heterocycles. The lowest BCUT2D eigenvalue weighted by molar-refractivity contribution is -0.136. The van der Waals surface area contributed by atoms with E-state index in [1.165, 1.54) is 11.1 Å². The molecule has 2 aromatic carbocycles. The lowest BCUT2D eigenvalue weighted by Crippen LogP contribution is -2.41. The van der Waals surface area contributed by atoms with Gasteiger partial charge in [-0.2, -0.15) is 0 Å². The van der Waals surface area contributed by atoms with Gasteiger partial charge in [-0.1, -0.05) is 60.7 Å². The molecule has 0 aliphatic rings. The fourth-order valence-electron chi connectivity index (χ4n) is 2.65. The standard InChI is InChI=1S/C20H26N2O2/c23-20(24)12-13-21-16-19(15-18-9-5-2-6-10-18)22-14-11-17-7-3-1-4-8-17/h1-10,19,21-22H,11-16H2,(H,23,24)/t19-/m0/s1. The molecule has 4 nitrogen and oxygen atoms in total. The number of carboxylic acid groups (broad SMARTS) is 1. The van der Waals surface area contributed by atoms with Gasteiger partial charge >= 0.3 is 5.97 Å². The maximum Gasteiger partial charge on any atom is 0.304 e. The number of hydrogen-bond donors (Lipinski definition) is 3. The predicted octanol–water partition coefficient (Wildman–Crippen LogP) is 2.49. The molecule has 0 aliphatic heterocycles. The van der Waals surface area contributed by atoms with E-state index in [9.17, 15) is 4.79 Å². The molecule has 4 heteroatoms. The van der Waals surface area contributed by atoms with Crippen molar-refractivity contribution >= 4 is 5.97 Å². The monoisotopic (exact) mass is 326 g/mol. The van der Waals surface area contributed by atoms with Gasteiger partial charge in [-0.25, -0.2) is 0 Å². The first-order valence-electron chi connectivity index (χ1n) is 8.48. The SMILES string of the molecule is O=C(O)CCNC[C@H](Cc1ccccc1)NCCc1ccccc1. The Kier molecular flexibility index (Phi) is 8.01. The average Bonchev–Trinajstić information content (AvgIpc) is 2.60. The van der Waals surface area contributed by atoms with Gasteiger partial charge in [0.2, 0.25) is 0 Å². The van der Waals surface area contributed by atoms with Crippen molar-refractivity contribution in [3.05, 3.63) is 71.8 Å². The Hall–Kier alpha value is -2.17. The van der Waals surface area contributed by atoms with Gasteiger partial charge in [0.1, 0.15) is 0 Å². The molecule has 0 aliphatic carbocycles. The molecule has 1 atom stereocenters. The Labute approximate surface area is 143 Å². The molecule has 2 aromatic rings. The first-order valence-corrected chi connectivity index (χ1v) is 8.48. The smallest absolute Gasteiger partial charge is 0.304 e. The maximum absolute atomic E-state index is 10.6. The average molecular weight is 326 g/mol. The van der Waals surface area contributed by atoms with Crippen LogP contribution in [-0.4, -0.2) is 36.8 Å². The fraction of sp³-hybridized carbons (Fsp3) is 0.350. The maximum atomic E-state index is 10.6. The summed E-state index contributed by atoms with van der Waals surface area (Å²) in [7, 11) is 0. The van der Waals surface area contributed by atoms with E-state index < -0.39 is 5.97 Å². The van der Waals surface area contributed by atoms with E-state index in [0.717, 1.165) is 25.9 Å². The molecule has 0 fully saturated rings. The van der Waals surface area contributed by atoms with Crippen molar-refractivity contribution in [1.82, 2.24) is 10.6 Å².